The van der Waals surface area contributed by atoms with Gasteiger partial charge in [-0.2, -0.15) is 4.99 Å². The van der Waals surface area contributed by atoms with Crippen LogP contribution in [-0.4, -0.2) is 15.1 Å². The van der Waals surface area contributed by atoms with Crippen molar-refractivity contribution < 1.29 is 0 Å². The first-order valence-electron chi connectivity index (χ1n) is 6.40. The number of aromatic nitrogens is 2. The van der Waals surface area contributed by atoms with E-state index >= 15 is 0 Å². The molecule has 0 spiro atoms. The monoisotopic (exact) mass is 283 g/mol. The predicted molar refractivity (Wildman–Crippen MR) is 76.8 cm³/mol. The van der Waals surface area contributed by atoms with Gasteiger partial charge in [-0.25, -0.2) is 14.8 Å². The first kappa shape index (κ1) is 13.2. The summed E-state index contributed by atoms with van der Waals surface area (Å²) in [5, 5.41) is 0.159. The van der Waals surface area contributed by atoms with Gasteiger partial charge in [0.2, 0.25) is 5.96 Å². The van der Waals surface area contributed by atoms with E-state index in [-0.39, 0.29) is 16.8 Å². The Morgan fingerprint density at radius 1 is 1.05 bits per heavy atom. The van der Waals surface area contributed by atoms with Gasteiger partial charge >= 0.3 is 5.69 Å². The zero-order valence-electron chi connectivity index (χ0n) is 11.6. The summed E-state index contributed by atoms with van der Waals surface area (Å²) in [4.78, 5) is 36.4. The van der Waals surface area contributed by atoms with E-state index in [4.69, 9.17) is 0 Å². The number of rotatable bonds is 2. The lowest BCUT2D eigenvalue weighted by Crippen LogP contribution is -2.55. The average Bonchev–Trinajstić information content (AvgIpc) is 2.94. The number of hydrogen-bond donors (Lipinski definition) is 0. The van der Waals surface area contributed by atoms with Crippen LogP contribution >= 0.6 is 0 Å². The summed E-state index contributed by atoms with van der Waals surface area (Å²) in [7, 11) is 2.97. The molecule has 1 aromatic carbocycles. The van der Waals surface area contributed by atoms with E-state index in [1.807, 2.05) is 30.3 Å². The first-order chi connectivity index (χ1) is 10.1. The second-order valence-electron chi connectivity index (χ2n) is 4.70. The van der Waals surface area contributed by atoms with Crippen LogP contribution in [0.15, 0.2) is 54.9 Å². The average molecular weight is 283 g/mol. The Bertz CT molecular complexity index is 967. The van der Waals surface area contributed by atoms with E-state index in [1.165, 1.54) is 11.6 Å². The molecule has 0 atom stereocenters. The van der Waals surface area contributed by atoms with Crippen molar-refractivity contribution in [1.82, 2.24) is 9.13 Å². The zero-order chi connectivity index (χ0) is 15.0. The van der Waals surface area contributed by atoms with Gasteiger partial charge < -0.3 is 0 Å². The number of nitrogens with zero attached hydrogens (tertiary/aromatic N) is 5. The standard InChI is InChI=1S/C14H13N5O2/c1-18-11-10(12(20)19(2)14(18)21)16-13(17-11)15-8-9-6-4-3-5-7-9/h3-7H,8H2,1-2H3. The summed E-state index contributed by atoms with van der Waals surface area (Å²) in [6, 6.07) is 9.66. The Hall–Kier alpha value is -2.83. The Morgan fingerprint density at radius 2 is 1.76 bits per heavy atom. The molecule has 0 saturated heterocycles. The van der Waals surface area contributed by atoms with Crippen LogP contribution < -0.4 is 22.1 Å². The molecule has 0 radical (unpaired) electrons. The minimum absolute atomic E-state index is 0.159. The SMILES string of the molecule is Cn1c(=O)c2c(n(C)c1=O)=NC(=NCc1ccccc1)N=2. The van der Waals surface area contributed by atoms with Crippen LogP contribution in [0.4, 0.5) is 0 Å². The van der Waals surface area contributed by atoms with E-state index in [0.29, 0.717) is 6.54 Å². The zero-order valence-corrected chi connectivity index (χ0v) is 11.6. The Balaban J connectivity index is 2.08. The predicted octanol–water partition coefficient (Wildman–Crippen LogP) is -1.11. The van der Waals surface area contributed by atoms with E-state index in [0.717, 1.165) is 10.1 Å². The normalized spacial score (nSPS) is 14.7. The molecular formula is C14H13N5O2. The number of benzene rings is 1. The summed E-state index contributed by atoms with van der Waals surface area (Å²) in [6.07, 6.45) is 0. The maximum Gasteiger partial charge on any atom is 0.332 e. The summed E-state index contributed by atoms with van der Waals surface area (Å²) >= 11 is 0. The highest BCUT2D eigenvalue weighted by molar-refractivity contribution is 5.82. The quantitative estimate of drug-likeness (QED) is 0.700. The van der Waals surface area contributed by atoms with Crippen LogP contribution in [0, 0.1) is 0 Å². The maximum atomic E-state index is 12.0. The molecule has 7 nitrogen and oxygen atoms in total. The second kappa shape index (κ2) is 4.93. The molecule has 21 heavy (non-hydrogen) atoms. The third kappa shape index (κ3) is 2.22. The molecule has 0 saturated carbocycles. The molecule has 0 bridgehead atoms. The minimum Gasteiger partial charge on any atom is -0.279 e. The molecule has 2 aromatic rings. The molecule has 0 unspecified atom stereocenters. The first-order valence-corrected chi connectivity index (χ1v) is 6.40. The fraction of sp³-hybridized carbons (Fsp3) is 0.214. The van der Waals surface area contributed by atoms with Gasteiger partial charge in [0.15, 0.2) is 10.8 Å². The Labute approximate surface area is 119 Å². The molecule has 1 aliphatic rings. The van der Waals surface area contributed by atoms with Crippen molar-refractivity contribution in [3.05, 3.63) is 67.6 Å². The number of hydrogen-bond acceptors (Lipinski definition) is 3. The van der Waals surface area contributed by atoms with Crippen molar-refractivity contribution >= 4 is 5.96 Å². The van der Waals surface area contributed by atoms with Gasteiger partial charge in [-0.3, -0.25) is 13.9 Å². The lowest BCUT2D eigenvalue weighted by molar-refractivity contribution is 0.648. The largest absolute Gasteiger partial charge is 0.332 e. The topological polar surface area (TPSA) is 81.1 Å². The third-order valence-electron chi connectivity index (χ3n) is 3.27. The fourth-order valence-electron chi connectivity index (χ4n) is 2.08. The molecule has 7 heteroatoms. The van der Waals surface area contributed by atoms with Gasteiger partial charge in [0.25, 0.3) is 5.56 Å². The molecule has 0 fully saturated rings. The van der Waals surface area contributed by atoms with Gasteiger partial charge in [-0.15, -0.1) is 0 Å². The van der Waals surface area contributed by atoms with Crippen LogP contribution in [-0.2, 0) is 20.6 Å². The summed E-state index contributed by atoms with van der Waals surface area (Å²) in [6.45, 7) is 0.422. The van der Waals surface area contributed by atoms with Crippen molar-refractivity contribution in [3.8, 4) is 0 Å². The van der Waals surface area contributed by atoms with Gasteiger partial charge in [0, 0.05) is 14.1 Å². The Morgan fingerprint density at radius 3 is 2.48 bits per heavy atom. The fourth-order valence-corrected chi connectivity index (χ4v) is 2.08. The van der Waals surface area contributed by atoms with Crippen molar-refractivity contribution in [2.45, 2.75) is 6.54 Å². The van der Waals surface area contributed by atoms with Gasteiger partial charge in [-0.1, -0.05) is 30.3 Å². The molecular weight excluding hydrogens is 270 g/mol. The van der Waals surface area contributed by atoms with Crippen LogP contribution in [0.2, 0.25) is 0 Å². The Kier molecular flexibility index (Phi) is 3.09. The summed E-state index contributed by atoms with van der Waals surface area (Å²) in [5.41, 5.74) is 0.395. The van der Waals surface area contributed by atoms with Gasteiger partial charge in [0.05, 0.1) is 6.54 Å². The van der Waals surface area contributed by atoms with E-state index < -0.39 is 11.2 Å². The lowest BCUT2D eigenvalue weighted by Gasteiger charge is -1.98. The van der Waals surface area contributed by atoms with Crippen molar-refractivity contribution in [2.75, 3.05) is 0 Å². The third-order valence-corrected chi connectivity index (χ3v) is 3.27. The molecule has 0 amide bonds. The maximum absolute atomic E-state index is 12.0. The highest BCUT2D eigenvalue weighted by Crippen LogP contribution is 2.01. The van der Waals surface area contributed by atoms with Crippen LogP contribution in [0.1, 0.15) is 5.56 Å². The summed E-state index contributed by atoms with van der Waals surface area (Å²) in [5.74, 6) is 0.215. The minimum atomic E-state index is -0.457. The molecule has 2 heterocycles. The van der Waals surface area contributed by atoms with Crippen LogP contribution in [0.25, 0.3) is 0 Å². The van der Waals surface area contributed by atoms with Crippen LogP contribution in [0.5, 0.6) is 0 Å². The van der Waals surface area contributed by atoms with E-state index in [1.54, 1.807) is 7.05 Å². The molecule has 3 rings (SSSR count). The number of aliphatic imine (C=N–C) groups is 1. The van der Waals surface area contributed by atoms with Gasteiger partial charge in [-0.05, 0) is 5.56 Å². The van der Waals surface area contributed by atoms with Crippen LogP contribution in [0.3, 0.4) is 0 Å². The highest BCUT2D eigenvalue weighted by Gasteiger charge is 2.13. The lowest BCUT2D eigenvalue weighted by atomic mass is 10.2. The van der Waals surface area contributed by atoms with E-state index in [2.05, 4.69) is 15.0 Å². The van der Waals surface area contributed by atoms with Crippen molar-refractivity contribution in [3.63, 3.8) is 0 Å². The molecule has 1 aliphatic heterocycles. The molecule has 106 valence electrons. The molecule has 1 aromatic heterocycles. The van der Waals surface area contributed by atoms with Crippen molar-refractivity contribution in [2.24, 2.45) is 29.1 Å². The second-order valence-corrected chi connectivity index (χ2v) is 4.70. The van der Waals surface area contributed by atoms with Gasteiger partial charge in [0.1, 0.15) is 0 Å². The number of fused-ring (bicyclic) bond motifs is 1. The molecule has 0 N–H and O–H groups in total. The summed E-state index contributed by atoms with van der Waals surface area (Å²) < 4.78 is 2.31. The smallest absolute Gasteiger partial charge is 0.279 e. The van der Waals surface area contributed by atoms with Crippen molar-refractivity contribution in [1.29, 1.82) is 0 Å². The van der Waals surface area contributed by atoms with E-state index in [9.17, 15) is 9.59 Å². The number of guanidine groups is 1. The molecule has 0 aliphatic carbocycles. The highest BCUT2D eigenvalue weighted by atomic mass is 16.2.